The fourth-order valence-electron chi connectivity index (χ4n) is 0.928. The fourth-order valence-corrected chi connectivity index (χ4v) is 1.11. The summed E-state index contributed by atoms with van der Waals surface area (Å²) in [6.07, 6.45) is 0. The number of aromatic nitrogens is 2. The highest BCUT2D eigenvalue weighted by Crippen LogP contribution is 2.14. The number of nitrogens with two attached hydrogens (primary N) is 1. The van der Waals surface area contributed by atoms with E-state index in [0.29, 0.717) is 0 Å². The second-order valence-electron chi connectivity index (χ2n) is 2.53. The predicted molar refractivity (Wildman–Crippen MR) is 51.4 cm³/mol. The predicted octanol–water partition coefficient (Wildman–Crippen LogP) is 0.433. The molecule has 1 aromatic heterocycles. The van der Waals surface area contributed by atoms with Crippen LogP contribution < -0.4 is 11.3 Å². The monoisotopic (exact) mass is 200 g/mol. The van der Waals surface area contributed by atoms with Crippen LogP contribution in [-0.2, 0) is 14.1 Å². The number of rotatable bonds is 1. The van der Waals surface area contributed by atoms with E-state index in [0.717, 1.165) is 4.57 Å². The first-order valence-electron chi connectivity index (χ1n) is 3.39. The first-order chi connectivity index (χ1) is 6.00. The second-order valence-corrected chi connectivity index (χ2v) is 2.90. The minimum absolute atomic E-state index is 0.0110. The van der Waals surface area contributed by atoms with Gasteiger partial charge in [0.2, 0.25) is 5.69 Å². The van der Waals surface area contributed by atoms with Crippen LogP contribution in [-0.4, -0.2) is 9.13 Å². The zero-order chi connectivity index (χ0) is 10.2. The fraction of sp³-hybridized carbons (Fsp3) is 0.333. The average Bonchev–Trinajstić information content (AvgIpc) is 2.13. The molecule has 0 aliphatic rings. The Morgan fingerprint density at radius 2 is 1.92 bits per heavy atom. The van der Waals surface area contributed by atoms with Gasteiger partial charge in [0.15, 0.2) is 4.77 Å². The van der Waals surface area contributed by atoms with Crippen molar-refractivity contribution in [2.75, 3.05) is 5.73 Å². The van der Waals surface area contributed by atoms with Crippen LogP contribution in [0.4, 0.5) is 11.5 Å². The van der Waals surface area contributed by atoms with Crippen molar-refractivity contribution in [3.05, 3.63) is 20.0 Å². The molecule has 0 aromatic carbocycles. The van der Waals surface area contributed by atoms with Crippen LogP contribution in [0.1, 0.15) is 0 Å². The summed E-state index contributed by atoms with van der Waals surface area (Å²) in [6.45, 7) is 0. The molecule has 2 N–H and O–H groups in total. The maximum Gasteiger partial charge on any atom is 0.285 e. The zero-order valence-electron chi connectivity index (χ0n) is 7.14. The van der Waals surface area contributed by atoms with E-state index in [9.17, 15) is 9.70 Å². The van der Waals surface area contributed by atoms with Crippen molar-refractivity contribution in [2.24, 2.45) is 19.3 Å². The van der Waals surface area contributed by atoms with Crippen LogP contribution in [0, 0.1) is 9.68 Å². The van der Waals surface area contributed by atoms with Gasteiger partial charge in [-0.05, 0) is 17.4 Å². The number of hydrogen-bond donors (Lipinski definition) is 1. The summed E-state index contributed by atoms with van der Waals surface area (Å²) >= 11 is 4.88. The molecule has 1 rings (SSSR count). The molecule has 6 nitrogen and oxygen atoms in total. The number of anilines is 1. The molecule has 0 aliphatic heterocycles. The Morgan fingerprint density at radius 1 is 1.38 bits per heavy atom. The largest absolute Gasteiger partial charge is 0.383 e. The number of nitroso groups, excluding NO2 is 1. The minimum Gasteiger partial charge on any atom is -0.383 e. The molecule has 0 fully saturated rings. The normalized spacial score (nSPS) is 10.0. The van der Waals surface area contributed by atoms with Gasteiger partial charge in [-0.2, -0.15) is 0 Å². The van der Waals surface area contributed by atoms with Crippen molar-refractivity contribution < 1.29 is 0 Å². The lowest BCUT2D eigenvalue weighted by molar-refractivity contribution is 0.727. The average molecular weight is 200 g/mol. The summed E-state index contributed by atoms with van der Waals surface area (Å²) in [5.41, 5.74) is 4.57. The molecule has 0 unspecified atom stereocenters. The van der Waals surface area contributed by atoms with Gasteiger partial charge in [0.25, 0.3) is 5.56 Å². The Morgan fingerprint density at radius 3 is 2.38 bits per heavy atom. The molecule has 0 saturated carbocycles. The maximum absolute atomic E-state index is 11.3. The van der Waals surface area contributed by atoms with Gasteiger partial charge in [0.1, 0.15) is 5.82 Å². The minimum atomic E-state index is -0.574. The summed E-state index contributed by atoms with van der Waals surface area (Å²) < 4.78 is 2.74. The highest BCUT2D eigenvalue weighted by Gasteiger charge is 2.10. The van der Waals surface area contributed by atoms with Gasteiger partial charge in [-0.25, -0.2) is 0 Å². The van der Waals surface area contributed by atoms with Gasteiger partial charge in [-0.1, -0.05) is 0 Å². The van der Waals surface area contributed by atoms with E-state index in [1.165, 1.54) is 11.6 Å². The van der Waals surface area contributed by atoms with Crippen molar-refractivity contribution in [2.45, 2.75) is 0 Å². The Hall–Kier alpha value is -1.50. The lowest BCUT2D eigenvalue weighted by atomic mass is 10.4. The van der Waals surface area contributed by atoms with E-state index < -0.39 is 5.56 Å². The summed E-state index contributed by atoms with van der Waals surface area (Å²) in [5.74, 6) is -0.0110. The number of nitrogen functional groups attached to an aromatic ring is 1. The SMILES string of the molecule is Cn1c(N)c(N=O)c(=O)n(C)c1=S. The molecule has 0 spiro atoms. The van der Waals surface area contributed by atoms with Gasteiger partial charge in [0.05, 0.1) is 0 Å². The topological polar surface area (TPSA) is 82.4 Å². The van der Waals surface area contributed by atoms with Crippen molar-refractivity contribution in [1.82, 2.24) is 9.13 Å². The van der Waals surface area contributed by atoms with E-state index in [1.807, 2.05) is 0 Å². The molecular formula is C6H8N4O2S. The molecule has 7 heteroatoms. The third kappa shape index (κ3) is 1.26. The van der Waals surface area contributed by atoms with Gasteiger partial charge in [0, 0.05) is 14.1 Å². The van der Waals surface area contributed by atoms with Crippen molar-refractivity contribution >= 4 is 23.7 Å². The van der Waals surface area contributed by atoms with Crippen molar-refractivity contribution in [3.8, 4) is 0 Å². The highest BCUT2D eigenvalue weighted by molar-refractivity contribution is 7.71. The smallest absolute Gasteiger partial charge is 0.285 e. The van der Waals surface area contributed by atoms with Gasteiger partial charge >= 0.3 is 0 Å². The summed E-state index contributed by atoms with van der Waals surface area (Å²) in [4.78, 5) is 21.6. The van der Waals surface area contributed by atoms with Crippen molar-refractivity contribution in [3.63, 3.8) is 0 Å². The molecule has 70 valence electrons. The number of nitrogens with zero attached hydrogens (tertiary/aromatic N) is 3. The third-order valence-corrected chi connectivity index (χ3v) is 2.32. The van der Waals surface area contributed by atoms with Crippen molar-refractivity contribution in [1.29, 1.82) is 0 Å². The lowest BCUT2D eigenvalue weighted by Gasteiger charge is -2.07. The zero-order valence-corrected chi connectivity index (χ0v) is 7.96. The first-order valence-corrected chi connectivity index (χ1v) is 3.80. The molecular weight excluding hydrogens is 192 g/mol. The molecule has 0 atom stereocenters. The summed E-state index contributed by atoms with van der Waals surface area (Å²) in [7, 11) is 3.02. The van der Waals surface area contributed by atoms with E-state index >= 15 is 0 Å². The molecule has 0 radical (unpaired) electrons. The molecule has 0 aliphatic carbocycles. The molecule has 0 bridgehead atoms. The van der Waals surface area contributed by atoms with Crippen LogP contribution >= 0.6 is 12.2 Å². The lowest BCUT2D eigenvalue weighted by Crippen LogP contribution is -2.23. The van der Waals surface area contributed by atoms with E-state index in [1.54, 1.807) is 7.05 Å². The quantitative estimate of drug-likeness (QED) is 0.526. The Bertz CT molecular complexity index is 473. The van der Waals surface area contributed by atoms with Gasteiger partial charge < -0.3 is 10.3 Å². The Balaban J connectivity index is 3.88. The van der Waals surface area contributed by atoms with Crippen LogP contribution in [0.2, 0.25) is 0 Å². The van der Waals surface area contributed by atoms with E-state index in [4.69, 9.17) is 18.0 Å². The second kappa shape index (κ2) is 3.09. The molecule has 13 heavy (non-hydrogen) atoms. The molecule has 0 amide bonds. The Labute approximate surface area is 78.6 Å². The van der Waals surface area contributed by atoms with E-state index in [-0.39, 0.29) is 16.3 Å². The first kappa shape index (κ1) is 9.59. The van der Waals surface area contributed by atoms with Gasteiger partial charge in [-0.3, -0.25) is 9.36 Å². The maximum atomic E-state index is 11.3. The van der Waals surface area contributed by atoms with Crippen LogP contribution in [0.25, 0.3) is 0 Å². The van der Waals surface area contributed by atoms with Gasteiger partial charge in [-0.15, -0.1) is 4.91 Å². The highest BCUT2D eigenvalue weighted by atomic mass is 32.1. The Kier molecular flexibility index (Phi) is 2.28. The standard InChI is InChI=1S/C6H8N4O2S/c1-9-4(7)3(8-12)5(11)10(2)6(9)13/h7H2,1-2H3. The third-order valence-electron chi connectivity index (χ3n) is 1.78. The summed E-state index contributed by atoms with van der Waals surface area (Å²) in [5, 5.41) is 2.56. The number of hydrogen-bond acceptors (Lipinski definition) is 5. The molecule has 0 saturated heterocycles. The molecule has 1 aromatic rings. The van der Waals surface area contributed by atoms with Crippen LogP contribution in [0.15, 0.2) is 9.97 Å². The van der Waals surface area contributed by atoms with E-state index in [2.05, 4.69) is 5.18 Å². The summed E-state index contributed by atoms with van der Waals surface area (Å²) in [6, 6.07) is 0. The molecule has 1 heterocycles. The van der Waals surface area contributed by atoms with Crippen LogP contribution in [0.3, 0.4) is 0 Å². The van der Waals surface area contributed by atoms with Crippen LogP contribution in [0.5, 0.6) is 0 Å².